The molecule has 176 valence electrons. The molecule has 0 heterocycles. The Hall–Kier alpha value is -1.42. The second-order valence-electron chi connectivity index (χ2n) is 8.20. The Bertz CT molecular complexity index is 789. The molecule has 31 heavy (non-hydrogen) atoms. The Labute approximate surface area is 183 Å². The zero-order valence-corrected chi connectivity index (χ0v) is 19.1. The van der Waals surface area contributed by atoms with E-state index in [1.807, 2.05) is 13.1 Å². The van der Waals surface area contributed by atoms with Crippen LogP contribution in [-0.2, 0) is 20.9 Å². The maximum absolute atomic E-state index is 12.8. The summed E-state index contributed by atoms with van der Waals surface area (Å²) >= 11 is 0. The molecule has 0 amide bonds. The fraction of sp³-hybridized carbons (Fsp3) is 0.636. The van der Waals surface area contributed by atoms with Crippen molar-refractivity contribution in [2.24, 2.45) is 5.92 Å². The molecule has 0 atom stereocenters. The first-order valence-corrected chi connectivity index (χ1v) is 12.0. The summed E-state index contributed by atoms with van der Waals surface area (Å²) in [5.41, 5.74) is -0.859. The van der Waals surface area contributed by atoms with Gasteiger partial charge in [-0.1, -0.05) is 6.08 Å². The molecule has 1 fully saturated rings. The fourth-order valence-electron chi connectivity index (χ4n) is 3.85. The van der Waals surface area contributed by atoms with E-state index >= 15 is 0 Å². The zero-order chi connectivity index (χ0) is 23.1. The Morgan fingerprint density at radius 3 is 2.29 bits per heavy atom. The molecule has 1 aliphatic rings. The van der Waals surface area contributed by atoms with Crippen LogP contribution >= 0.6 is 0 Å². The second kappa shape index (κ2) is 11.4. The van der Waals surface area contributed by atoms with Gasteiger partial charge in [-0.15, -0.1) is 6.58 Å². The molecule has 0 spiro atoms. The Kier molecular flexibility index (Phi) is 9.54. The van der Waals surface area contributed by atoms with Crippen molar-refractivity contribution in [3.05, 3.63) is 42.5 Å². The number of halogens is 3. The van der Waals surface area contributed by atoms with E-state index in [0.717, 1.165) is 56.6 Å². The van der Waals surface area contributed by atoms with Gasteiger partial charge in [-0.05, 0) is 69.3 Å². The van der Waals surface area contributed by atoms with Crippen LogP contribution in [-0.4, -0.2) is 64.1 Å². The summed E-state index contributed by atoms with van der Waals surface area (Å²) in [7, 11) is -0.284. The van der Waals surface area contributed by atoms with Crippen LogP contribution in [0.3, 0.4) is 0 Å². The normalized spacial score (nSPS) is 20.4. The largest absolute Gasteiger partial charge is 0.416 e. The van der Waals surface area contributed by atoms with Crippen molar-refractivity contribution >= 4 is 10.0 Å². The fourth-order valence-corrected chi connectivity index (χ4v) is 5.27. The summed E-state index contributed by atoms with van der Waals surface area (Å²) in [4.78, 5) is 2.06. The predicted molar refractivity (Wildman–Crippen MR) is 115 cm³/mol. The van der Waals surface area contributed by atoms with Crippen molar-refractivity contribution in [1.29, 1.82) is 0 Å². The molecule has 0 bridgehead atoms. The van der Waals surface area contributed by atoms with Crippen LogP contribution in [0.25, 0.3) is 0 Å². The Morgan fingerprint density at radius 2 is 1.74 bits per heavy atom. The first kappa shape index (κ1) is 25.8. The Morgan fingerprint density at radius 1 is 1.13 bits per heavy atom. The highest BCUT2D eigenvalue weighted by molar-refractivity contribution is 7.89. The maximum atomic E-state index is 12.8. The number of benzene rings is 1. The van der Waals surface area contributed by atoms with Gasteiger partial charge < -0.3 is 9.64 Å². The van der Waals surface area contributed by atoms with Crippen molar-refractivity contribution < 1.29 is 26.3 Å². The van der Waals surface area contributed by atoms with E-state index in [1.165, 1.54) is 11.4 Å². The smallest absolute Gasteiger partial charge is 0.381 e. The average molecular weight is 463 g/mol. The molecule has 0 N–H and O–H groups in total. The minimum Gasteiger partial charge on any atom is -0.381 e. The first-order chi connectivity index (χ1) is 14.6. The molecule has 0 saturated heterocycles. The predicted octanol–water partition coefficient (Wildman–Crippen LogP) is 4.41. The third-order valence-electron chi connectivity index (χ3n) is 5.81. The van der Waals surface area contributed by atoms with E-state index in [4.69, 9.17) is 4.74 Å². The molecule has 5 nitrogen and oxygen atoms in total. The number of likely N-dealkylation sites (N-methyl/N-ethyl adjacent to an activating group) is 1. The first-order valence-electron chi connectivity index (χ1n) is 10.6. The van der Waals surface area contributed by atoms with Crippen LogP contribution in [0, 0.1) is 5.92 Å². The summed E-state index contributed by atoms with van der Waals surface area (Å²) in [6.45, 7) is 6.89. The summed E-state index contributed by atoms with van der Waals surface area (Å²) < 4.78 is 70.9. The van der Waals surface area contributed by atoms with Crippen LogP contribution < -0.4 is 0 Å². The number of ether oxygens (including phenoxy) is 1. The molecular formula is C22H33F3N2O3S. The van der Waals surface area contributed by atoms with Gasteiger partial charge in [0, 0.05) is 39.4 Å². The highest BCUT2D eigenvalue weighted by Gasteiger charge is 2.33. The monoisotopic (exact) mass is 462 g/mol. The quantitative estimate of drug-likeness (QED) is 0.361. The summed E-state index contributed by atoms with van der Waals surface area (Å²) in [5.74, 6) is 0.407. The molecule has 0 aromatic heterocycles. The number of sulfonamides is 1. The molecule has 0 aliphatic heterocycles. The minimum absolute atomic E-state index is 0.116. The number of rotatable bonds is 11. The molecule has 1 aromatic carbocycles. The number of hydrogen-bond donors (Lipinski definition) is 0. The van der Waals surface area contributed by atoms with Crippen LogP contribution in [0.2, 0.25) is 0 Å². The maximum Gasteiger partial charge on any atom is 0.416 e. The lowest BCUT2D eigenvalue weighted by Gasteiger charge is -2.34. The van der Waals surface area contributed by atoms with E-state index in [9.17, 15) is 21.6 Å². The van der Waals surface area contributed by atoms with Crippen molar-refractivity contribution in [3.8, 4) is 0 Å². The summed E-state index contributed by atoms with van der Waals surface area (Å²) in [5, 5.41) is 0. The van der Waals surface area contributed by atoms with Gasteiger partial charge in [0.2, 0.25) is 10.0 Å². The lowest BCUT2D eigenvalue weighted by Crippen LogP contribution is -2.40. The molecular weight excluding hydrogens is 429 g/mol. The number of nitrogens with zero attached hydrogens (tertiary/aromatic N) is 2. The minimum atomic E-state index is -4.49. The van der Waals surface area contributed by atoms with E-state index < -0.39 is 21.8 Å². The highest BCUT2D eigenvalue weighted by Crippen LogP contribution is 2.32. The molecule has 9 heteroatoms. The highest BCUT2D eigenvalue weighted by atomic mass is 32.2. The van der Waals surface area contributed by atoms with Crippen LogP contribution in [0.4, 0.5) is 13.2 Å². The molecule has 0 unspecified atom stereocenters. The summed E-state index contributed by atoms with van der Waals surface area (Å²) in [6, 6.07) is 3.52. The molecule has 0 radical (unpaired) electrons. The molecule has 1 aliphatic carbocycles. The van der Waals surface area contributed by atoms with Gasteiger partial charge in [0.15, 0.2) is 0 Å². The van der Waals surface area contributed by atoms with Gasteiger partial charge in [-0.3, -0.25) is 0 Å². The summed E-state index contributed by atoms with van der Waals surface area (Å²) in [6.07, 6.45) is 1.50. The van der Waals surface area contributed by atoms with Gasteiger partial charge in [0.25, 0.3) is 0 Å². The average Bonchev–Trinajstić information content (AvgIpc) is 2.73. The second-order valence-corrected chi connectivity index (χ2v) is 10.2. The SMILES string of the molecule is C=CCN(C)CCCOC[C@H]1CC[C@H](N(C)S(=O)(=O)c2ccc(C(F)(F)F)cc2)CC1. The van der Waals surface area contributed by atoms with Gasteiger partial charge >= 0.3 is 6.18 Å². The van der Waals surface area contributed by atoms with E-state index in [2.05, 4.69) is 11.5 Å². The van der Waals surface area contributed by atoms with E-state index in [-0.39, 0.29) is 10.9 Å². The van der Waals surface area contributed by atoms with Gasteiger partial charge in [-0.25, -0.2) is 8.42 Å². The third-order valence-corrected chi connectivity index (χ3v) is 7.74. The zero-order valence-electron chi connectivity index (χ0n) is 18.3. The van der Waals surface area contributed by atoms with Crippen molar-refractivity contribution in [2.75, 3.05) is 40.4 Å². The van der Waals surface area contributed by atoms with Crippen LogP contribution in [0.5, 0.6) is 0 Å². The van der Waals surface area contributed by atoms with Gasteiger partial charge in [-0.2, -0.15) is 17.5 Å². The van der Waals surface area contributed by atoms with Crippen LogP contribution in [0.15, 0.2) is 41.8 Å². The standard InChI is InChI=1S/C22H33F3N2O3S/c1-4-14-26(2)15-5-16-30-17-18-6-10-20(11-7-18)27(3)31(28,29)21-12-8-19(9-13-21)22(23,24)25/h4,8-9,12-13,18,20H,1,5-7,10-11,14-17H2,2-3H3/t18-,20-. The van der Waals surface area contributed by atoms with E-state index in [0.29, 0.717) is 32.0 Å². The van der Waals surface area contributed by atoms with Crippen molar-refractivity contribution in [2.45, 2.75) is 49.2 Å². The van der Waals surface area contributed by atoms with Crippen LogP contribution in [0.1, 0.15) is 37.7 Å². The topological polar surface area (TPSA) is 49.9 Å². The lowest BCUT2D eigenvalue weighted by molar-refractivity contribution is -0.137. The van der Waals surface area contributed by atoms with Crippen molar-refractivity contribution in [1.82, 2.24) is 9.21 Å². The van der Waals surface area contributed by atoms with E-state index in [1.54, 1.807) is 0 Å². The van der Waals surface area contributed by atoms with Crippen molar-refractivity contribution in [3.63, 3.8) is 0 Å². The number of hydrogen-bond acceptors (Lipinski definition) is 4. The molecule has 1 aromatic rings. The Balaban J connectivity index is 1.79. The van der Waals surface area contributed by atoms with Gasteiger partial charge in [0.1, 0.15) is 0 Å². The number of alkyl halides is 3. The lowest BCUT2D eigenvalue weighted by atomic mass is 9.86. The third kappa shape index (κ3) is 7.59. The molecule has 1 saturated carbocycles. The van der Waals surface area contributed by atoms with Gasteiger partial charge in [0.05, 0.1) is 10.5 Å². The molecule has 2 rings (SSSR count).